The van der Waals surface area contributed by atoms with Crippen molar-refractivity contribution in [2.45, 2.75) is 39.0 Å². The highest BCUT2D eigenvalue weighted by atomic mass is 35.5. The highest BCUT2D eigenvalue weighted by Crippen LogP contribution is 2.21. The zero-order chi connectivity index (χ0) is 14.4. The smallest absolute Gasteiger partial charge is 0.260 e. The molecule has 0 aliphatic carbocycles. The lowest BCUT2D eigenvalue weighted by Gasteiger charge is -2.24. The second-order valence-electron chi connectivity index (χ2n) is 5.35. The molecule has 2 rings (SSSR count). The predicted molar refractivity (Wildman–Crippen MR) is 81.3 cm³/mol. The lowest BCUT2D eigenvalue weighted by atomic mass is 10.1. The number of hydrogen-bond acceptors (Lipinski definition) is 2. The Kier molecular flexibility index (Phi) is 5.72. The summed E-state index contributed by atoms with van der Waals surface area (Å²) in [6.45, 7) is 3.77. The molecule has 1 aliphatic rings. The normalized spacial score (nSPS) is 16.4. The van der Waals surface area contributed by atoms with Gasteiger partial charge in [0.05, 0.1) is 0 Å². The molecule has 0 spiro atoms. The number of nitrogens with zero attached hydrogens (tertiary/aromatic N) is 1. The fourth-order valence-electron chi connectivity index (χ4n) is 2.50. The van der Waals surface area contributed by atoms with Gasteiger partial charge in [0.2, 0.25) is 0 Å². The zero-order valence-corrected chi connectivity index (χ0v) is 12.8. The van der Waals surface area contributed by atoms with Crippen LogP contribution in [-0.2, 0) is 4.79 Å². The molecule has 0 saturated carbocycles. The van der Waals surface area contributed by atoms with Gasteiger partial charge in [-0.3, -0.25) is 4.79 Å². The van der Waals surface area contributed by atoms with Crippen molar-refractivity contribution >= 4 is 17.5 Å². The SMILES string of the molecule is Cc1cc(Cl)ccc1OCC(=O)N1CCCCCCC1. The van der Waals surface area contributed by atoms with Gasteiger partial charge >= 0.3 is 0 Å². The van der Waals surface area contributed by atoms with Crippen LogP contribution < -0.4 is 4.74 Å². The van der Waals surface area contributed by atoms with Gasteiger partial charge in [-0.1, -0.05) is 30.9 Å². The van der Waals surface area contributed by atoms with E-state index in [-0.39, 0.29) is 12.5 Å². The van der Waals surface area contributed by atoms with Gasteiger partial charge in [-0.2, -0.15) is 0 Å². The molecule has 4 heteroatoms. The molecular formula is C16H22ClNO2. The molecule has 1 heterocycles. The van der Waals surface area contributed by atoms with Crippen LogP contribution in [0, 0.1) is 6.92 Å². The highest BCUT2D eigenvalue weighted by molar-refractivity contribution is 6.30. The summed E-state index contributed by atoms with van der Waals surface area (Å²) in [6.07, 6.45) is 5.95. The second-order valence-corrected chi connectivity index (χ2v) is 5.78. The van der Waals surface area contributed by atoms with Gasteiger partial charge in [-0.05, 0) is 43.5 Å². The zero-order valence-electron chi connectivity index (χ0n) is 12.0. The molecule has 0 unspecified atom stereocenters. The van der Waals surface area contributed by atoms with Crippen LogP contribution >= 0.6 is 11.6 Å². The Balaban J connectivity index is 1.87. The van der Waals surface area contributed by atoms with Crippen molar-refractivity contribution in [3.05, 3.63) is 28.8 Å². The lowest BCUT2D eigenvalue weighted by Crippen LogP contribution is -2.37. The van der Waals surface area contributed by atoms with Gasteiger partial charge in [0.15, 0.2) is 6.61 Å². The molecular weight excluding hydrogens is 274 g/mol. The summed E-state index contributed by atoms with van der Waals surface area (Å²) >= 11 is 5.90. The minimum absolute atomic E-state index is 0.0845. The van der Waals surface area contributed by atoms with Gasteiger partial charge in [0.25, 0.3) is 5.91 Å². The van der Waals surface area contributed by atoms with Crippen molar-refractivity contribution in [2.24, 2.45) is 0 Å². The summed E-state index contributed by atoms with van der Waals surface area (Å²) < 4.78 is 5.63. The van der Waals surface area contributed by atoms with E-state index in [2.05, 4.69) is 0 Å². The van der Waals surface area contributed by atoms with E-state index in [9.17, 15) is 4.79 Å². The number of rotatable bonds is 3. The maximum Gasteiger partial charge on any atom is 0.260 e. The van der Waals surface area contributed by atoms with Crippen molar-refractivity contribution < 1.29 is 9.53 Å². The van der Waals surface area contributed by atoms with E-state index in [0.29, 0.717) is 5.02 Å². The first-order chi connectivity index (χ1) is 9.66. The molecule has 1 fully saturated rings. The van der Waals surface area contributed by atoms with E-state index in [4.69, 9.17) is 16.3 Å². The van der Waals surface area contributed by atoms with Crippen molar-refractivity contribution in [1.29, 1.82) is 0 Å². The molecule has 0 aromatic heterocycles. The van der Waals surface area contributed by atoms with Gasteiger partial charge in [-0.15, -0.1) is 0 Å². The van der Waals surface area contributed by atoms with E-state index in [1.807, 2.05) is 24.0 Å². The van der Waals surface area contributed by atoms with Crippen molar-refractivity contribution in [3.8, 4) is 5.75 Å². The van der Waals surface area contributed by atoms with Crippen LogP contribution in [0.25, 0.3) is 0 Å². The molecule has 3 nitrogen and oxygen atoms in total. The summed E-state index contributed by atoms with van der Waals surface area (Å²) in [5, 5.41) is 0.685. The number of amides is 1. The van der Waals surface area contributed by atoms with E-state index in [0.717, 1.165) is 37.2 Å². The number of likely N-dealkylation sites (tertiary alicyclic amines) is 1. The van der Waals surface area contributed by atoms with Crippen molar-refractivity contribution in [3.63, 3.8) is 0 Å². The minimum Gasteiger partial charge on any atom is -0.483 e. The third-order valence-electron chi connectivity index (χ3n) is 3.70. The van der Waals surface area contributed by atoms with Crippen LogP contribution in [-0.4, -0.2) is 30.5 Å². The van der Waals surface area contributed by atoms with Crippen molar-refractivity contribution in [2.75, 3.05) is 19.7 Å². The van der Waals surface area contributed by atoms with Gasteiger partial charge in [0.1, 0.15) is 5.75 Å². The Hall–Kier alpha value is -1.22. The van der Waals surface area contributed by atoms with E-state index in [1.54, 1.807) is 6.07 Å². The van der Waals surface area contributed by atoms with E-state index in [1.165, 1.54) is 19.3 Å². The van der Waals surface area contributed by atoms with Crippen LogP contribution in [0.5, 0.6) is 5.75 Å². The summed E-state index contributed by atoms with van der Waals surface area (Å²) in [4.78, 5) is 14.1. The van der Waals surface area contributed by atoms with Gasteiger partial charge < -0.3 is 9.64 Å². The quantitative estimate of drug-likeness (QED) is 0.848. The number of ether oxygens (including phenoxy) is 1. The van der Waals surface area contributed by atoms with Crippen LogP contribution in [0.15, 0.2) is 18.2 Å². The van der Waals surface area contributed by atoms with Crippen molar-refractivity contribution in [1.82, 2.24) is 4.90 Å². The van der Waals surface area contributed by atoms with Gasteiger partial charge in [0, 0.05) is 18.1 Å². The molecule has 20 heavy (non-hydrogen) atoms. The molecule has 1 saturated heterocycles. The number of benzene rings is 1. The van der Waals surface area contributed by atoms with Crippen LogP contribution in [0.2, 0.25) is 5.02 Å². The van der Waals surface area contributed by atoms with E-state index >= 15 is 0 Å². The maximum absolute atomic E-state index is 12.2. The fraction of sp³-hybridized carbons (Fsp3) is 0.562. The molecule has 1 aromatic carbocycles. The monoisotopic (exact) mass is 295 g/mol. The third kappa shape index (κ3) is 4.41. The highest BCUT2D eigenvalue weighted by Gasteiger charge is 2.15. The predicted octanol–water partition coefficient (Wildman–Crippen LogP) is 3.82. The summed E-state index contributed by atoms with van der Waals surface area (Å²) in [5.41, 5.74) is 0.956. The first-order valence-corrected chi connectivity index (χ1v) is 7.71. The minimum atomic E-state index is 0.0845. The number of hydrogen-bond donors (Lipinski definition) is 0. The Labute approximate surface area is 125 Å². The largest absolute Gasteiger partial charge is 0.483 e. The molecule has 0 N–H and O–H groups in total. The lowest BCUT2D eigenvalue weighted by molar-refractivity contribution is -0.133. The molecule has 1 aliphatic heterocycles. The second kappa shape index (κ2) is 7.53. The summed E-state index contributed by atoms with van der Waals surface area (Å²) in [7, 11) is 0. The molecule has 0 atom stereocenters. The topological polar surface area (TPSA) is 29.5 Å². The summed E-state index contributed by atoms with van der Waals surface area (Å²) in [5.74, 6) is 0.816. The first kappa shape index (κ1) is 15.2. The number of carbonyl (C=O) groups excluding carboxylic acids is 1. The average Bonchev–Trinajstić information content (AvgIpc) is 2.37. The van der Waals surface area contributed by atoms with Crippen LogP contribution in [0.3, 0.4) is 0 Å². The van der Waals surface area contributed by atoms with E-state index < -0.39 is 0 Å². The molecule has 0 bridgehead atoms. The molecule has 0 radical (unpaired) electrons. The molecule has 1 amide bonds. The number of aryl methyl sites for hydroxylation is 1. The first-order valence-electron chi connectivity index (χ1n) is 7.33. The Morgan fingerprint density at radius 2 is 1.85 bits per heavy atom. The summed E-state index contributed by atoms with van der Waals surface area (Å²) in [6, 6.07) is 5.44. The van der Waals surface area contributed by atoms with Crippen LogP contribution in [0.1, 0.15) is 37.7 Å². The Morgan fingerprint density at radius 3 is 2.50 bits per heavy atom. The fourth-order valence-corrected chi connectivity index (χ4v) is 2.73. The Morgan fingerprint density at radius 1 is 1.20 bits per heavy atom. The maximum atomic E-state index is 12.2. The number of halogens is 1. The molecule has 1 aromatic rings. The van der Waals surface area contributed by atoms with Crippen LogP contribution in [0.4, 0.5) is 0 Å². The standard InChI is InChI=1S/C16H22ClNO2/c1-13-11-14(17)7-8-15(13)20-12-16(19)18-9-5-3-2-4-6-10-18/h7-8,11H,2-6,9-10,12H2,1H3. The Bertz CT molecular complexity index is 454. The average molecular weight is 296 g/mol. The third-order valence-corrected chi connectivity index (χ3v) is 3.93. The number of carbonyl (C=O) groups is 1. The molecule has 110 valence electrons. The van der Waals surface area contributed by atoms with Gasteiger partial charge in [-0.25, -0.2) is 0 Å².